The number of hydrogen-bond donors (Lipinski definition) is 1. The Morgan fingerprint density at radius 3 is 2.79 bits per heavy atom. The number of para-hydroxylation sites is 1. The third-order valence-electron chi connectivity index (χ3n) is 2.47. The fraction of sp³-hybridized carbons (Fsp3) is 0.455. The van der Waals surface area contributed by atoms with E-state index in [0.29, 0.717) is 6.54 Å². The second-order valence-electron chi connectivity index (χ2n) is 3.56. The molecule has 0 bridgehead atoms. The summed E-state index contributed by atoms with van der Waals surface area (Å²) in [7, 11) is 1.63. The average Bonchev–Trinajstić information content (AvgIpc) is 3.01. The first kappa shape index (κ1) is 9.49. The third-order valence-corrected chi connectivity index (χ3v) is 2.47. The SMILES string of the molecule is COc1ccccc1C(O)CN1CC1. The van der Waals surface area contributed by atoms with Crippen LogP contribution in [0.25, 0.3) is 0 Å². The number of ether oxygens (including phenoxy) is 1. The smallest absolute Gasteiger partial charge is 0.124 e. The molecule has 2 rings (SSSR count). The zero-order chi connectivity index (χ0) is 9.97. The van der Waals surface area contributed by atoms with Gasteiger partial charge in [-0.3, -0.25) is 4.90 Å². The molecular weight excluding hydrogens is 178 g/mol. The number of methoxy groups -OCH3 is 1. The van der Waals surface area contributed by atoms with Crippen LogP contribution in [0.2, 0.25) is 0 Å². The molecule has 1 atom stereocenters. The molecule has 1 fully saturated rings. The molecule has 1 heterocycles. The van der Waals surface area contributed by atoms with Gasteiger partial charge in [-0.1, -0.05) is 18.2 Å². The first-order chi connectivity index (χ1) is 6.81. The molecule has 3 nitrogen and oxygen atoms in total. The number of benzene rings is 1. The zero-order valence-corrected chi connectivity index (χ0v) is 8.31. The monoisotopic (exact) mass is 193 g/mol. The zero-order valence-electron chi connectivity index (χ0n) is 8.31. The lowest BCUT2D eigenvalue weighted by Gasteiger charge is -2.14. The lowest BCUT2D eigenvalue weighted by molar-refractivity contribution is 0.153. The molecule has 76 valence electrons. The molecule has 1 aromatic carbocycles. The van der Waals surface area contributed by atoms with Crippen LogP contribution < -0.4 is 4.74 Å². The van der Waals surface area contributed by atoms with Crippen LogP contribution in [0.1, 0.15) is 11.7 Å². The van der Waals surface area contributed by atoms with E-state index in [2.05, 4.69) is 4.90 Å². The quantitative estimate of drug-likeness (QED) is 0.725. The average molecular weight is 193 g/mol. The Kier molecular flexibility index (Phi) is 2.70. The molecule has 0 spiro atoms. The molecule has 1 aromatic rings. The van der Waals surface area contributed by atoms with Crippen molar-refractivity contribution in [2.45, 2.75) is 6.10 Å². The van der Waals surface area contributed by atoms with Crippen LogP contribution >= 0.6 is 0 Å². The minimum Gasteiger partial charge on any atom is -0.496 e. The van der Waals surface area contributed by atoms with Gasteiger partial charge >= 0.3 is 0 Å². The summed E-state index contributed by atoms with van der Waals surface area (Å²) < 4.78 is 5.19. The Morgan fingerprint density at radius 2 is 2.14 bits per heavy atom. The Bertz CT molecular complexity index is 310. The van der Waals surface area contributed by atoms with E-state index in [9.17, 15) is 5.11 Å². The summed E-state index contributed by atoms with van der Waals surface area (Å²) >= 11 is 0. The molecule has 1 aliphatic heterocycles. The number of β-amino-alcohol motifs (C(OH)–C–C–N with tert-alkyl or cyclic N) is 1. The first-order valence-corrected chi connectivity index (χ1v) is 4.84. The van der Waals surface area contributed by atoms with E-state index in [1.807, 2.05) is 24.3 Å². The van der Waals surface area contributed by atoms with Crippen molar-refractivity contribution in [3.63, 3.8) is 0 Å². The number of aliphatic hydroxyl groups is 1. The van der Waals surface area contributed by atoms with Gasteiger partial charge in [-0.15, -0.1) is 0 Å². The molecule has 0 aromatic heterocycles. The molecular formula is C11H15NO2. The molecule has 14 heavy (non-hydrogen) atoms. The number of aliphatic hydroxyl groups excluding tert-OH is 1. The van der Waals surface area contributed by atoms with Gasteiger partial charge in [0.25, 0.3) is 0 Å². The molecule has 0 aliphatic carbocycles. The van der Waals surface area contributed by atoms with Crippen LogP contribution in [0.15, 0.2) is 24.3 Å². The van der Waals surface area contributed by atoms with Gasteiger partial charge in [-0.05, 0) is 6.07 Å². The first-order valence-electron chi connectivity index (χ1n) is 4.84. The van der Waals surface area contributed by atoms with E-state index >= 15 is 0 Å². The van der Waals surface area contributed by atoms with E-state index in [4.69, 9.17) is 4.74 Å². The molecule has 1 unspecified atom stereocenters. The summed E-state index contributed by atoms with van der Waals surface area (Å²) in [4.78, 5) is 2.19. The largest absolute Gasteiger partial charge is 0.496 e. The Hall–Kier alpha value is -1.06. The van der Waals surface area contributed by atoms with Gasteiger partial charge in [0.15, 0.2) is 0 Å². The fourth-order valence-electron chi connectivity index (χ4n) is 1.54. The summed E-state index contributed by atoms with van der Waals surface area (Å²) in [6.07, 6.45) is -0.436. The van der Waals surface area contributed by atoms with Crippen molar-refractivity contribution in [1.29, 1.82) is 0 Å². The topological polar surface area (TPSA) is 32.5 Å². The highest BCUT2D eigenvalue weighted by Gasteiger charge is 2.22. The van der Waals surface area contributed by atoms with Crippen molar-refractivity contribution in [2.75, 3.05) is 26.7 Å². The highest BCUT2D eigenvalue weighted by atomic mass is 16.5. The summed E-state index contributed by atoms with van der Waals surface area (Å²) in [6, 6.07) is 7.61. The van der Waals surface area contributed by atoms with E-state index < -0.39 is 6.10 Å². The lowest BCUT2D eigenvalue weighted by atomic mass is 10.1. The maximum absolute atomic E-state index is 9.92. The Balaban J connectivity index is 2.11. The number of nitrogens with zero attached hydrogens (tertiary/aromatic N) is 1. The second kappa shape index (κ2) is 3.98. The van der Waals surface area contributed by atoms with Crippen molar-refractivity contribution in [2.24, 2.45) is 0 Å². The molecule has 3 heteroatoms. The molecule has 1 N–H and O–H groups in total. The molecule has 0 saturated carbocycles. The lowest BCUT2D eigenvalue weighted by Crippen LogP contribution is -2.12. The summed E-state index contributed by atoms with van der Waals surface area (Å²) in [5, 5.41) is 9.92. The van der Waals surface area contributed by atoms with E-state index in [0.717, 1.165) is 24.4 Å². The summed E-state index contributed by atoms with van der Waals surface area (Å²) in [5.74, 6) is 0.766. The second-order valence-corrected chi connectivity index (χ2v) is 3.56. The van der Waals surface area contributed by atoms with Crippen molar-refractivity contribution < 1.29 is 9.84 Å². The minimum atomic E-state index is -0.436. The van der Waals surface area contributed by atoms with E-state index in [-0.39, 0.29) is 0 Å². The van der Waals surface area contributed by atoms with Crippen LogP contribution in [0.3, 0.4) is 0 Å². The van der Waals surface area contributed by atoms with Gasteiger partial charge in [0.1, 0.15) is 5.75 Å². The molecule has 1 saturated heterocycles. The van der Waals surface area contributed by atoms with Crippen LogP contribution in [0.5, 0.6) is 5.75 Å². The maximum Gasteiger partial charge on any atom is 0.124 e. The Morgan fingerprint density at radius 1 is 1.43 bits per heavy atom. The van der Waals surface area contributed by atoms with Gasteiger partial charge in [-0.25, -0.2) is 0 Å². The minimum absolute atomic E-state index is 0.436. The highest BCUT2D eigenvalue weighted by Crippen LogP contribution is 2.26. The van der Waals surface area contributed by atoms with Gasteiger partial charge < -0.3 is 9.84 Å². The normalized spacial score (nSPS) is 17.9. The summed E-state index contributed by atoms with van der Waals surface area (Å²) in [5.41, 5.74) is 0.877. The van der Waals surface area contributed by atoms with Crippen LogP contribution in [0, 0.1) is 0 Å². The van der Waals surface area contributed by atoms with Gasteiger partial charge in [0, 0.05) is 25.2 Å². The molecule has 0 radical (unpaired) electrons. The summed E-state index contributed by atoms with van der Waals surface area (Å²) in [6.45, 7) is 2.92. The standard InChI is InChI=1S/C11H15NO2/c1-14-11-5-3-2-4-9(11)10(13)8-12-6-7-12/h2-5,10,13H,6-8H2,1H3. The van der Waals surface area contributed by atoms with E-state index in [1.165, 1.54) is 0 Å². The third kappa shape index (κ3) is 2.05. The van der Waals surface area contributed by atoms with Crippen molar-refractivity contribution in [1.82, 2.24) is 4.90 Å². The number of hydrogen-bond acceptors (Lipinski definition) is 3. The van der Waals surface area contributed by atoms with E-state index in [1.54, 1.807) is 7.11 Å². The van der Waals surface area contributed by atoms with Gasteiger partial charge in [0.2, 0.25) is 0 Å². The fourth-order valence-corrected chi connectivity index (χ4v) is 1.54. The van der Waals surface area contributed by atoms with Crippen molar-refractivity contribution in [3.8, 4) is 5.75 Å². The van der Waals surface area contributed by atoms with Crippen LogP contribution in [-0.2, 0) is 0 Å². The Labute approximate surface area is 83.9 Å². The number of rotatable bonds is 4. The predicted octanol–water partition coefficient (Wildman–Crippen LogP) is 1.04. The molecule has 0 amide bonds. The van der Waals surface area contributed by atoms with Gasteiger partial charge in [-0.2, -0.15) is 0 Å². The van der Waals surface area contributed by atoms with Gasteiger partial charge in [0.05, 0.1) is 13.2 Å². The predicted molar refractivity (Wildman–Crippen MR) is 54.4 cm³/mol. The van der Waals surface area contributed by atoms with Crippen molar-refractivity contribution in [3.05, 3.63) is 29.8 Å². The van der Waals surface area contributed by atoms with Crippen molar-refractivity contribution >= 4 is 0 Å². The molecule has 1 aliphatic rings. The van der Waals surface area contributed by atoms with Crippen LogP contribution in [-0.4, -0.2) is 36.8 Å². The maximum atomic E-state index is 9.92. The van der Waals surface area contributed by atoms with Crippen LogP contribution in [0.4, 0.5) is 0 Å². The highest BCUT2D eigenvalue weighted by molar-refractivity contribution is 5.35.